The zero-order chi connectivity index (χ0) is 19.1. The van der Waals surface area contributed by atoms with Gasteiger partial charge >= 0.3 is 0 Å². The first-order valence-electron chi connectivity index (χ1n) is 8.75. The molecule has 1 rings (SSSR count). The summed E-state index contributed by atoms with van der Waals surface area (Å²) in [6, 6.07) is 3.18. The van der Waals surface area contributed by atoms with E-state index in [1.165, 1.54) is 13.8 Å². The van der Waals surface area contributed by atoms with Crippen molar-refractivity contribution in [3.8, 4) is 5.75 Å². The molecule has 7 heteroatoms. The van der Waals surface area contributed by atoms with Crippen LogP contribution in [-0.2, 0) is 19.5 Å². The van der Waals surface area contributed by atoms with Gasteiger partial charge in [-0.3, -0.25) is 10.6 Å². The van der Waals surface area contributed by atoms with Crippen LogP contribution >= 0.6 is 0 Å². The summed E-state index contributed by atoms with van der Waals surface area (Å²) in [5, 5.41) is 53.0. The fourth-order valence-corrected chi connectivity index (χ4v) is 2.67. The van der Waals surface area contributed by atoms with Gasteiger partial charge in [0.25, 0.3) is 0 Å². The maximum atomic E-state index is 9.98. The zero-order valence-corrected chi connectivity index (χ0v) is 15.3. The van der Waals surface area contributed by atoms with Crippen LogP contribution in [0, 0.1) is 0 Å². The second-order valence-electron chi connectivity index (χ2n) is 6.80. The molecule has 0 saturated heterocycles. The average molecular weight is 356 g/mol. The van der Waals surface area contributed by atoms with Crippen LogP contribution in [0.2, 0.25) is 0 Å². The molecule has 0 saturated carbocycles. The van der Waals surface area contributed by atoms with Crippen LogP contribution in [0.1, 0.15) is 63.1 Å². The van der Waals surface area contributed by atoms with Gasteiger partial charge in [-0.05, 0) is 41.7 Å². The average Bonchev–Trinajstić information content (AvgIpc) is 2.47. The van der Waals surface area contributed by atoms with Crippen molar-refractivity contribution in [1.82, 2.24) is 10.6 Å². The third kappa shape index (κ3) is 9.15. The van der Waals surface area contributed by atoms with Crippen LogP contribution < -0.4 is 10.6 Å². The van der Waals surface area contributed by atoms with Gasteiger partial charge in [0.1, 0.15) is 5.75 Å². The maximum absolute atomic E-state index is 9.98. The number of hydrogen-bond acceptors (Lipinski definition) is 7. The summed E-state index contributed by atoms with van der Waals surface area (Å²) in [5.74, 6) is -3.99. The highest BCUT2D eigenvalue weighted by atomic mass is 16.5. The molecular weight excluding hydrogens is 324 g/mol. The standard InChI is InChI=1S/C18H32N2O5/c1-4-5-6-7-8-16-13(11-19-17(2,22)23)9-15(21)10-14(16)12-20-18(3,24)25/h9-10,19-25H,4-8,11-12H2,1-3H3. The number of nitrogens with one attached hydrogen (secondary N) is 2. The molecule has 0 aliphatic carbocycles. The molecule has 7 nitrogen and oxygen atoms in total. The summed E-state index contributed by atoms with van der Waals surface area (Å²) in [6.07, 6.45) is 5.06. The van der Waals surface area contributed by atoms with E-state index in [0.29, 0.717) is 0 Å². The lowest BCUT2D eigenvalue weighted by Gasteiger charge is -2.23. The molecule has 0 radical (unpaired) electrons. The Labute approximate surface area is 149 Å². The Morgan fingerprint density at radius 1 is 0.840 bits per heavy atom. The van der Waals surface area contributed by atoms with Crippen LogP contribution in [0.3, 0.4) is 0 Å². The zero-order valence-electron chi connectivity index (χ0n) is 15.3. The van der Waals surface area contributed by atoms with Crippen molar-refractivity contribution in [2.45, 2.75) is 77.8 Å². The highest BCUT2D eigenvalue weighted by Crippen LogP contribution is 2.25. The van der Waals surface area contributed by atoms with Gasteiger partial charge < -0.3 is 25.5 Å². The number of phenolic OH excluding ortho intramolecular Hbond substituents is 1. The predicted octanol–water partition coefficient (Wildman–Crippen LogP) is 1.01. The van der Waals surface area contributed by atoms with E-state index < -0.39 is 11.8 Å². The van der Waals surface area contributed by atoms with Crippen LogP contribution in [0.4, 0.5) is 0 Å². The van der Waals surface area contributed by atoms with Crippen molar-refractivity contribution < 1.29 is 25.5 Å². The monoisotopic (exact) mass is 356 g/mol. The van der Waals surface area contributed by atoms with Crippen molar-refractivity contribution >= 4 is 0 Å². The SMILES string of the molecule is CCCCCCc1c(CNC(C)(O)O)cc(O)cc1CNC(C)(O)O. The molecule has 0 bridgehead atoms. The molecule has 0 unspecified atom stereocenters. The lowest BCUT2D eigenvalue weighted by molar-refractivity contribution is -0.171. The van der Waals surface area contributed by atoms with E-state index in [0.717, 1.165) is 48.8 Å². The van der Waals surface area contributed by atoms with Crippen LogP contribution in [0.25, 0.3) is 0 Å². The van der Waals surface area contributed by atoms with Crippen molar-refractivity contribution in [3.05, 3.63) is 28.8 Å². The Morgan fingerprint density at radius 3 is 1.72 bits per heavy atom. The van der Waals surface area contributed by atoms with Gasteiger partial charge in [-0.2, -0.15) is 0 Å². The Hall–Kier alpha value is -1.22. The number of rotatable bonds is 11. The fourth-order valence-electron chi connectivity index (χ4n) is 2.67. The largest absolute Gasteiger partial charge is 0.508 e. The predicted molar refractivity (Wildman–Crippen MR) is 95.3 cm³/mol. The van der Waals surface area contributed by atoms with Gasteiger partial charge in [-0.25, -0.2) is 0 Å². The maximum Gasteiger partial charge on any atom is 0.219 e. The molecule has 1 aromatic rings. The second kappa shape index (κ2) is 9.47. The van der Waals surface area contributed by atoms with E-state index >= 15 is 0 Å². The van der Waals surface area contributed by atoms with E-state index in [-0.39, 0.29) is 18.8 Å². The molecule has 144 valence electrons. The van der Waals surface area contributed by atoms with Crippen LogP contribution in [0.5, 0.6) is 5.75 Å². The Bertz CT molecular complexity index is 496. The highest BCUT2D eigenvalue weighted by Gasteiger charge is 2.19. The smallest absolute Gasteiger partial charge is 0.219 e. The number of unbranched alkanes of at least 4 members (excludes halogenated alkanes) is 3. The minimum atomic E-state index is -2.02. The van der Waals surface area contributed by atoms with E-state index in [1.807, 2.05) is 0 Å². The van der Waals surface area contributed by atoms with Gasteiger partial charge in [0.15, 0.2) is 0 Å². The van der Waals surface area contributed by atoms with Gasteiger partial charge in [0, 0.05) is 26.9 Å². The second-order valence-corrected chi connectivity index (χ2v) is 6.80. The first-order valence-corrected chi connectivity index (χ1v) is 8.75. The van der Waals surface area contributed by atoms with Crippen molar-refractivity contribution in [3.63, 3.8) is 0 Å². The van der Waals surface area contributed by atoms with E-state index in [2.05, 4.69) is 17.6 Å². The molecule has 0 aliphatic rings. The quantitative estimate of drug-likeness (QED) is 0.233. The summed E-state index contributed by atoms with van der Waals surface area (Å²) in [6.45, 7) is 4.93. The van der Waals surface area contributed by atoms with Crippen LogP contribution in [0.15, 0.2) is 12.1 Å². The van der Waals surface area contributed by atoms with E-state index in [4.69, 9.17) is 0 Å². The molecule has 0 aliphatic heterocycles. The molecule has 7 N–H and O–H groups in total. The van der Waals surface area contributed by atoms with Gasteiger partial charge in [0.2, 0.25) is 11.8 Å². The fraction of sp³-hybridized carbons (Fsp3) is 0.667. The molecule has 1 aromatic carbocycles. The van der Waals surface area contributed by atoms with Crippen molar-refractivity contribution in [1.29, 1.82) is 0 Å². The molecule has 0 heterocycles. The summed E-state index contributed by atoms with van der Waals surface area (Å²) < 4.78 is 0. The van der Waals surface area contributed by atoms with Crippen molar-refractivity contribution in [2.75, 3.05) is 0 Å². The van der Waals surface area contributed by atoms with Crippen LogP contribution in [-0.4, -0.2) is 37.4 Å². The van der Waals surface area contributed by atoms with E-state index in [9.17, 15) is 25.5 Å². The molecule has 0 aromatic heterocycles. The first-order chi connectivity index (χ1) is 11.5. The van der Waals surface area contributed by atoms with Gasteiger partial charge in [-0.15, -0.1) is 0 Å². The topological polar surface area (TPSA) is 125 Å². The molecule has 0 amide bonds. The summed E-state index contributed by atoms with van der Waals surface area (Å²) in [7, 11) is 0. The Kier molecular flexibility index (Phi) is 8.27. The summed E-state index contributed by atoms with van der Waals surface area (Å²) >= 11 is 0. The van der Waals surface area contributed by atoms with Gasteiger partial charge in [0.05, 0.1) is 0 Å². The molecule has 0 spiro atoms. The number of hydrogen-bond donors (Lipinski definition) is 7. The minimum Gasteiger partial charge on any atom is -0.508 e. The minimum absolute atomic E-state index is 0.0427. The number of aromatic hydroxyl groups is 1. The Morgan fingerprint density at radius 2 is 1.32 bits per heavy atom. The molecule has 0 atom stereocenters. The highest BCUT2D eigenvalue weighted by molar-refractivity contribution is 5.42. The number of benzene rings is 1. The summed E-state index contributed by atoms with van der Waals surface area (Å²) in [5.41, 5.74) is 2.46. The third-order valence-corrected chi connectivity index (χ3v) is 3.93. The lowest BCUT2D eigenvalue weighted by Crippen LogP contribution is -2.42. The normalized spacial score (nSPS) is 12.6. The third-order valence-electron chi connectivity index (χ3n) is 3.93. The van der Waals surface area contributed by atoms with Gasteiger partial charge in [-0.1, -0.05) is 26.2 Å². The summed E-state index contributed by atoms with van der Waals surface area (Å²) in [4.78, 5) is 0. The molecular formula is C18H32N2O5. The number of aliphatic hydroxyl groups is 4. The van der Waals surface area contributed by atoms with E-state index in [1.54, 1.807) is 12.1 Å². The Balaban J connectivity index is 3.03. The first kappa shape index (κ1) is 21.8. The molecule has 0 fully saturated rings. The number of phenols is 1. The lowest BCUT2D eigenvalue weighted by atomic mass is 9.94. The molecule has 25 heavy (non-hydrogen) atoms. The van der Waals surface area contributed by atoms with Crippen molar-refractivity contribution in [2.24, 2.45) is 0 Å².